The van der Waals surface area contributed by atoms with E-state index < -0.39 is 0 Å². The van der Waals surface area contributed by atoms with E-state index in [0.29, 0.717) is 0 Å². The van der Waals surface area contributed by atoms with Gasteiger partial charge in [-0.05, 0) is 0 Å². The fourth-order valence-electron chi connectivity index (χ4n) is 1.91. The van der Waals surface area contributed by atoms with Gasteiger partial charge in [-0.1, -0.05) is 0 Å². The summed E-state index contributed by atoms with van der Waals surface area (Å²) in [5.41, 5.74) is 0. The predicted molar refractivity (Wildman–Crippen MR) is 46.3 cm³/mol. The number of hydrogen-bond donors (Lipinski definition) is 0. The Morgan fingerprint density at radius 1 is 0.333 bits per heavy atom. The molecule has 0 unspecified atom stereocenters. The van der Waals surface area contributed by atoms with Crippen LogP contribution in [0.1, 0.15) is 0 Å². The first-order valence-electron chi connectivity index (χ1n) is 4.93. The normalized spacial score (nSPS) is 34.0. The van der Waals surface area contributed by atoms with Crippen LogP contribution in [0.5, 0.6) is 0 Å². The van der Waals surface area contributed by atoms with Crippen LogP contribution < -0.4 is 0 Å². The fourth-order valence-corrected chi connectivity index (χ4v) is 1.91. The molecule has 0 aromatic carbocycles. The smallest absolute Gasteiger partial charge is 0.0275 e. The molecule has 0 aromatic rings. The van der Waals surface area contributed by atoms with Gasteiger partial charge in [0.05, 0.1) is 0 Å². The van der Waals surface area contributed by atoms with Gasteiger partial charge in [0.1, 0.15) is 0 Å². The highest BCUT2D eigenvalue weighted by Crippen LogP contribution is 2.16. The molecule has 4 nitrogen and oxygen atoms in total. The van der Waals surface area contributed by atoms with Crippen LogP contribution in [0.3, 0.4) is 0 Å². The highest BCUT2D eigenvalue weighted by Gasteiger charge is 2.32. The molecule has 0 N–H and O–H groups in total. The van der Waals surface area contributed by atoms with E-state index >= 15 is 0 Å². The van der Waals surface area contributed by atoms with Gasteiger partial charge in [0, 0.05) is 52.4 Å². The van der Waals surface area contributed by atoms with Crippen molar-refractivity contribution < 1.29 is 0 Å². The highest BCUT2D eigenvalue weighted by atomic mass is 15.7. The molecule has 3 aliphatic heterocycles. The standard InChI is InChI=1S/C8H16N4/c1-2-10(12-7-8-12)4-3-9(1)11-5-6-11/h1-8H2. The zero-order valence-electron chi connectivity index (χ0n) is 7.45. The zero-order chi connectivity index (χ0) is 7.97. The number of piperazine rings is 1. The monoisotopic (exact) mass is 168 g/mol. The van der Waals surface area contributed by atoms with Crippen LogP contribution in [0.4, 0.5) is 0 Å². The lowest BCUT2D eigenvalue weighted by atomic mass is 10.4. The van der Waals surface area contributed by atoms with E-state index in [1.807, 2.05) is 0 Å². The molecule has 3 fully saturated rings. The summed E-state index contributed by atoms with van der Waals surface area (Å²) in [6.45, 7) is 10.1. The van der Waals surface area contributed by atoms with Gasteiger partial charge in [0.2, 0.25) is 0 Å². The van der Waals surface area contributed by atoms with Crippen molar-refractivity contribution in [2.75, 3.05) is 52.4 Å². The maximum Gasteiger partial charge on any atom is 0.0275 e. The Morgan fingerprint density at radius 3 is 0.667 bits per heavy atom. The Bertz CT molecular complexity index is 148. The molecule has 3 saturated heterocycles. The Morgan fingerprint density at radius 2 is 0.500 bits per heavy atom. The van der Waals surface area contributed by atoms with E-state index in [4.69, 9.17) is 0 Å². The van der Waals surface area contributed by atoms with E-state index in [9.17, 15) is 0 Å². The van der Waals surface area contributed by atoms with Crippen molar-refractivity contribution in [1.82, 2.24) is 20.0 Å². The van der Waals surface area contributed by atoms with Gasteiger partial charge in [-0.15, -0.1) is 0 Å². The van der Waals surface area contributed by atoms with Crippen molar-refractivity contribution >= 4 is 0 Å². The molecular weight excluding hydrogens is 152 g/mol. The number of nitrogens with zero attached hydrogens (tertiary/aromatic N) is 4. The second-order valence-corrected chi connectivity index (χ2v) is 3.81. The van der Waals surface area contributed by atoms with Gasteiger partial charge < -0.3 is 0 Å². The van der Waals surface area contributed by atoms with Crippen molar-refractivity contribution in [3.63, 3.8) is 0 Å². The molecule has 12 heavy (non-hydrogen) atoms. The molecule has 4 heteroatoms. The molecule has 0 bridgehead atoms. The maximum absolute atomic E-state index is 2.50. The lowest BCUT2D eigenvalue weighted by Gasteiger charge is -2.35. The molecule has 3 rings (SSSR count). The molecule has 0 aromatic heterocycles. The molecule has 0 amide bonds. The van der Waals surface area contributed by atoms with Crippen LogP contribution in [-0.4, -0.2) is 72.4 Å². The van der Waals surface area contributed by atoms with Crippen molar-refractivity contribution in [3.8, 4) is 0 Å². The molecule has 0 saturated carbocycles. The molecular formula is C8H16N4. The second-order valence-electron chi connectivity index (χ2n) is 3.81. The van der Waals surface area contributed by atoms with Gasteiger partial charge in [-0.2, -0.15) is 0 Å². The third-order valence-corrected chi connectivity index (χ3v) is 2.88. The minimum absolute atomic E-state index is 1.23. The van der Waals surface area contributed by atoms with Gasteiger partial charge >= 0.3 is 0 Å². The fraction of sp³-hybridized carbons (Fsp3) is 1.00. The first kappa shape index (κ1) is 7.26. The van der Waals surface area contributed by atoms with Crippen LogP contribution in [0.2, 0.25) is 0 Å². The molecule has 3 aliphatic rings. The Balaban J connectivity index is 1.51. The summed E-state index contributed by atoms with van der Waals surface area (Å²) in [4.78, 5) is 0. The molecule has 0 atom stereocenters. The molecule has 68 valence electrons. The summed E-state index contributed by atoms with van der Waals surface area (Å²) in [5, 5.41) is 9.89. The third-order valence-electron chi connectivity index (χ3n) is 2.88. The van der Waals surface area contributed by atoms with E-state index in [-0.39, 0.29) is 0 Å². The third kappa shape index (κ3) is 1.35. The van der Waals surface area contributed by atoms with Crippen LogP contribution in [0, 0.1) is 0 Å². The molecule has 0 spiro atoms. The Hall–Kier alpha value is -0.160. The highest BCUT2D eigenvalue weighted by molar-refractivity contribution is 4.79. The minimum atomic E-state index is 1.23. The number of hydrazine groups is 2. The summed E-state index contributed by atoms with van der Waals surface area (Å²) in [6, 6.07) is 0. The van der Waals surface area contributed by atoms with Crippen molar-refractivity contribution in [2.45, 2.75) is 0 Å². The van der Waals surface area contributed by atoms with Crippen LogP contribution in [0.25, 0.3) is 0 Å². The summed E-state index contributed by atoms with van der Waals surface area (Å²) >= 11 is 0. The average Bonchev–Trinajstić information content (AvgIpc) is 2.98. The van der Waals surface area contributed by atoms with E-state index in [1.54, 1.807) is 0 Å². The summed E-state index contributed by atoms with van der Waals surface area (Å²) in [6.07, 6.45) is 0. The first-order valence-corrected chi connectivity index (χ1v) is 4.93. The quantitative estimate of drug-likeness (QED) is 0.493. The van der Waals surface area contributed by atoms with Gasteiger partial charge in [0.15, 0.2) is 0 Å². The minimum Gasteiger partial charge on any atom is -0.239 e. The molecule has 0 radical (unpaired) electrons. The second kappa shape index (κ2) is 2.67. The van der Waals surface area contributed by atoms with Crippen molar-refractivity contribution in [3.05, 3.63) is 0 Å². The number of hydrogen-bond acceptors (Lipinski definition) is 4. The Labute approximate surface area is 73.3 Å². The van der Waals surface area contributed by atoms with E-state index in [2.05, 4.69) is 20.0 Å². The lowest BCUT2D eigenvalue weighted by molar-refractivity contribution is -0.0283. The topological polar surface area (TPSA) is 12.5 Å². The van der Waals surface area contributed by atoms with Crippen LogP contribution >= 0.6 is 0 Å². The average molecular weight is 168 g/mol. The summed E-state index contributed by atoms with van der Waals surface area (Å²) < 4.78 is 0. The lowest BCUT2D eigenvalue weighted by Crippen LogP contribution is -2.50. The van der Waals surface area contributed by atoms with E-state index in [1.165, 1.54) is 52.4 Å². The van der Waals surface area contributed by atoms with Crippen molar-refractivity contribution in [1.29, 1.82) is 0 Å². The van der Waals surface area contributed by atoms with Crippen LogP contribution in [-0.2, 0) is 0 Å². The summed E-state index contributed by atoms with van der Waals surface area (Å²) in [5.74, 6) is 0. The zero-order valence-corrected chi connectivity index (χ0v) is 7.45. The van der Waals surface area contributed by atoms with E-state index in [0.717, 1.165) is 0 Å². The van der Waals surface area contributed by atoms with Gasteiger partial charge in [-0.25, -0.2) is 20.0 Å². The van der Waals surface area contributed by atoms with Gasteiger partial charge in [0.25, 0.3) is 0 Å². The van der Waals surface area contributed by atoms with Crippen molar-refractivity contribution in [2.24, 2.45) is 0 Å². The molecule has 0 aliphatic carbocycles. The summed E-state index contributed by atoms with van der Waals surface area (Å²) in [7, 11) is 0. The van der Waals surface area contributed by atoms with Crippen LogP contribution in [0.15, 0.2) is 0 Å². The Kier molecular flexibility index (Phi) is 1.61. The SMILES string of the molecule is C1CN1N1CCN(N2CC2)CC1. The number of rotatable bonds is 2. The van der Waals surface area contributed by atoms with Gasteiger partial charge in [-0.3, -0.25) is 0 Å². The predicted octanol–water partition coefficient (Wildman–Crippen LogP) is -0.935. The largest absolute Gasteiger partial charge is 0.239 e. The molecule has 3 heterocycles. The first-order chi connectivity index (χ1) is 5.93. The maximum atomic E-state index is 2.50.